The fourth-order valence-electron chi connectivity index (χ4n) is 2.61. The number of allylic oxidation sites excluding steroid dienone is 4. The van der Waals surface area contributed by atoms with Gasteiger partial charge in [0.2, 0.25) is 0 Å². The van der Waals surface area contributed by atoms with Crippen LogP contribution >= 0.6 is 24.8 Å². The normalized spacial score (nSPS) is 15.8. The van der Waals surface area contributed by atoms with Gasteiger partial charge in [-0.05, 0) is 39.4 Å². The molecular weight excluding hydrogens is 331 g/mol. The first-order valence-corrected chi connectivity index (χ1v) is 9.22. The zero-order chi connectivity index (χ0) is 12.4. The SMILES string of the molecule is CCC(C1=[C-]CC=C1)[Si](C)(C)OC(C)(C)C.Cl.Cl.[Ti]. The minimum absolute atomic E-state index is 0. The fraction of sp³-hybridized carbons (Fsp3) is 0.714. The van der Waals surface area contributed by atoms with Crippen molar-refractivity contribution in [1.29, 1.82) is 0 Å². The number of halogens is 2. The van der Waals surface area contributed by atoms with Gasteiger partial charge in [0.1, 0.15) is 0 Å². The second kappa shape index (κ2) is 9.81. The predicted molar refractivity (Wildman–Crippen MR) is 87.4 cm³/mol. The summed E-state index contributed by atoms with van der Waals surface area (Å²) in [6.45, 7) is 13.4. The number of hydrogen-bond donors (Lipinski definition) is 0. The van der Waals surface area contributed by atoms with E-state index in [1.807, 2.05) is 0 Å². The maximum absolute atomic E-state index is 6.33. The quantitative estimate of drug-likeness (QED) is 0.488. The Labute approximate surface area is 147 Å². The van der Waals surface area contributed by atoms with Crippen LogP contribution in [0.3, 0.4) is 0 Å². The van der Waals surface area contributed by atoms with Gasteiger partial charge in [0.25, 0.3) is 0 Å². The van der Waals surface area contributed by atoms with Crippen LogP contribution in [0.25, 0.3) is 0 Å². The zero-order valence-electron chi connectivity index (χ0n) is 12.9. The van der Waals surface area contributed by atoms with E-state index in [-0.39, 0.29) is 52.1 Å². The van der Waals surface area contributed by atoms with Gasteiger partial charge < -0.3 is 4.43 Å². The Hall–Kier alpha value is 0.951. The summed E-state index contributed by atoms with van der Waals surface area (Å²) in [7, 11) is -1.68. The minimum atomic E-state index is -1.68. The molecule has 0 aromatic rings. The Kier molecular flexibility index (Phi) is 12.9. The first-order chi connectivity index (χ1) is 7.26. The molecular formula is C14H27Cl2OSiTi-. The number of hydrogen-bond acceptors (Lipinski definition) is 1. The Morgan fingerprint density at radius 3 is 2.16 bits per heavy atom. The van der Waals surface area contributed by atoms with Crippen molar-refractivity contribution < 1.29 is 26.1 Å². The molecule has 1 atom stereocenters. The third kappa shape index (κ3) is 8.09. The van der Waals surface area contributed by atoms with Crippen molar-refractivity contribution in [3.05, 3.63) is 23.8 Å². The average Bonchev–Trinajstić information content (AvgIpc) is 2.52. The van der Waals surface area contributed by atoms with Crippen LogP contribution in [0, 0.1) is 6.08 Å². The van der Waals surface area contributed by atoms with E-state index in [9.17, 15) is 0 Å². The van der Waals surface area contributed by atoms with Crippen molar-refractivity contribution in [2.75, 3.05) is 0 Å². The Morgan fingerprint density at radius 1 is 1.32 bits per heavy atom. The van der Waals surface area contributed by atoms with Gasteiger partial charge in [0, 0.05) is 27.3 Å². The third-order valence-electron chi connectivity index (χ3n) is 2.91. The number of rotatable bonds is 4. The van der Waals surface area contributed by atoms with Crippen LogP contribution in [-0.4, -0.2) is 13.9 Å². The van der Waals surface area contributed by atoms with E-state index in [4.69, 9.17) is 4.43 Å². The second-order valence-electron chi connectivity index (χ2n) is 6.02. The Bertz CT molecular complexity index is 309. The molecule has 112 valence electrons. The van der Waals surface area contributed by atoms with Gasteiger partial charge in [0.15, 0.2) is 8.32 Å². The van der Waals surface area contributed by atoms with E-state index in [0.29, 0.717) is 5.54 Å². The molecule has 0 fully saturated rings. The molecule has 0 aromatic heterocycles. The molecule has 0 saturated carbocycles. The smallest absolute Gasteiger partial charge is 0.191 e. The van der Waals surface area contributed by atoms with Crippen LogP contribution in [-0.2, 0) is 26.1 Å². The summed E-state index contributed by atoms with van der Waals surface area (Å²) in [6.07, 6.45) is 10.0. The van der Waals surface area contributed by atoms with E-state index in [1.54, 1.807) is 0 Å². The van der Waals surface area contributed by atoms with Crippen molar-refractivity contribution in [2.24, 2.45) is 0 Å². The molecule has 0 saturated heterocycles. The van der Waals surface area contributed by atoms with Crippen molar-refractivity contribution in [2.45, 2.75) is 64.8 Å². The van der Waals surface area contributed by atoms with Crippen molar-refractivity contribution in [3.8, 4) is 0 Å². The van der Waals surface area contributed by atoms with Crippen LogP contribution in [0.1, 0.15) is 40.5 Å². The maximum Gasteiger partial charge on any atom is 0.191 e. The van der Waals surface area contributed by atoms with E-state index in [0.717, 1.165) is 12.8 Å². The molecule has 0 radical (unpaired) electrons. The molecule has 0 spiro atoms. The molecule has 0 aromatic carbocycles. The molecule has 0 bridgehead atoms. The summed E-state index contributed by atoms with van der Waals surface area (Å²) >= 11 is 0. The molecule has 1 rings (SSSR count). The van der Waals surface area contributed by atoms with Gasteiger partial charge in [-0.2, -0.15) is 6.08 Å². The van der Waals surface area contributed by atoms with Crippen LogP contribution in [0.15, 0.2) is 17.7 Å². The maximum atomic E-state index is 6.33. The molecule has 0 heterocycles. The molecule has 0 aliphatic heterocycles. The summed E-state index contributed by atoms with van der Waals surface area (Å²) in [5.74, 6) is 0. The summed E-state index contributed by atoms with van der Waals surface area (Å²) in [4.78, 5) is 0. The Morgan fingerprint density at radius 2 is 1.84 bits per heavy atom. The largest absolute Gasteiger partial charge is 0.412 e. The molecule has 19 heavy (non-hydrogen) atoms. The zero-order valence-corrected chi connectivity index (χ0v) is 17.1. The Balaban J connectivity index is -0.000000853. The summed E-state index contributed by atoms with van der Waals surface area (Å²) in [5, 5.41) is 0. The van der Waals surface area contributed by atoms with Gasteiger partial charge >= 0.3 is 0 Å². The first-order valence-electron chi connectivity index (χ1n) is 6.23. The van der Waals surface area contributed by atoms with Crippen molar-refractivity contribution in [3.63, 3.8) is 0 Å². The summed E-state index contributed by atoms with van der Waals surface area (Å²) in [5.41, 5.74) is 1.92. The molecule has 5 heteroatoms. The molecule has 1 aliphatic carbocycles. The monoisotopic (exact) mass is 357 g/mol. The average molecular weight is 358 g/mol. The van der Waals surface area contributed by atoms with E-state index in [2.05, 4.69) is 59.0 Å². The van der Waals surface area contributed by atoms with Crippen molar-refractivity contribution >= 4 is 33.1 Å². The molecule has 0 amide bonds. The molecule has 1 nitrogen and oxygen atoms in total. The van der Waals surface area contributed by atoms with Gasteiger partial charge in [-0.1, -0.05) is 13.3 Å². The minimum Gasteiger partial charge on any atom is -0.412 e. The molecule has 0 N–H and O–H groups in total. The van der Waals surface area contributed by atoms with Crippen LogP contribution in [0.2, 0.25) is 18.6 Å². The third-order valence-corrected chi connectivity index (χ3v) is 6.45. The standard InChI is InChI=1S/C14H25OSi.2ClH.Ti/c1-7-13(12-10-8-9-11-12)16(5,6)15-14(2,3)4;;;/h8,10,13H,7,9H2,1-6H3;2*1H;/q-1;;;. The van der Waals surface area contributed by atoms with Gasteiger partial charge in [-0.3, -0.25) is 6.08 Å². The van der Waals surface area contributed by atoms with Crippen LogP contribution in [0.4, 0.5) is 0 Å². The van der Waals surface area contributed by atoms with E-state index >= 15 is 0 Å². The van der Waals surface area contributed by atoms with Gasteiger partial charge in [0.05, 0.1) is 0 Å². The van der Waals surface area contributed by atoms with Gasteiger partial charge in [-0.15, -0.1) is 31.2 Å². The summed E-state index contributed by atoms with van der Waals surface area (Å²) in [6, 6.07) is 0. The first kappa shape index (κ1) is 24.9. The van der Waals surface area contributed by atoms with Crippen LogP contribution in [0.5, 0.6) is 0 Å². The van der Waals surface area contributed by atoms with Gasteiger partial charge in [-0.25, -0.2) is 11.6 Å². The predicted octanol–water partition coefficient (Wildman–Crippen LogP) is 5.32. The molecule has 1 aliphatic rings. The summed E-state index contributed by atoms with van der Waals surface area (Å²) < 4.78 is 6.33. The van der Waals surface area contributed by atoms with E-state index in [1.165, 1.54) is 5.57 Å². The second-order valence-corrected chi connectivity index (χ2v) is 10.1. The molecule has 1 unspecified atom stereocenters. The fourth-order valence-corrected chi connectivity index (χ4v) is 6.26. The van der Waals surface area contributed by atoms with E-state index < -0.39 is 8.32 Å². The van der Waals surface area contributed by atoms with Crippen LogP contribution < -0.4 is 0 Å². The topological polar surface area (TPSA) is 9.23 Å². The van der Waals surface area contributed by atoms with Crippen molar-refractivity contribution in [1.82, 2.24) is 0 Å².